The molecule has 3 heteroatoms. The molecule has 39 heavy (non-hydrogen) atoms. The summed E-state index contributed by atoms with van der Waals surface area (Å²) in [6.45, 7) is 6.41. The number of rotatable bonds is 29. The molecule has 228 valence electrons. The molecule has 3 nitrogen and oxygen atoms in total. The van der Waals surface area contributed by atoms with Crippen LogP contribution in [0.5, 0.6) is 0 Å². The van der Waals surface area contributed by atoms with Crippen molar-refractivity contribution >= 4 is 5.91 Å². The van der Waals surface area contributed by atoms with E-state index < -0.39 is 6.10 Å². The van der Waals surface area contributed by atoms with Crippen LogP contribution in [0.2, 0.25) is 0 Å². The molecule has 1 amide bonds. The van der Waals surface area contributed by atoms with Crippen LogP contribution >= 0.6 is 0 Å². The number of nitrogens with one attached hydrogen (secondary N) is 1. The molecule has 0 aliphatic carbocycles. The van der Waals surface area contributed by atoms with Crippen molar-refractivity contribution in [2.24, 2.45) is 0 Å². The maximum atomic E-state index is 12.2. The summed E-state index contributed by atoms with van der Waals surface area (Å²) in [5.74, 6) is 0.0611. The average Bonchev–Trinajstić information content (AvgIpc) is 2.93. The van der Waals surface area contributed by atoms with E-state index in [0.29, 0.717) is 6.42 Å². The smallest absolute Gasteiger partial charge is 0.220 e. The molecule has 0 saturated heterocycles. The second-order valence-electron chi connectivity index (χ2n) is 11.6. The Morgan fingerprint density at radius 2 is 1.00 bits per heavy atom. The predicted molar refractivity (Wildman–Crippen MR) is 173 cm³/mol. The molecule has 0 aromatic rings. The van der Waals surface area contributed by atoms with Gasteiger partial charge in [-0.2, -0.15) is 0 Å². The maximum Gasteiger partial charge on any atom is 0.220 e. The Kier molecular flexibility index (Phi) is 30.1. The van der Waals surface area contributed by atoms with Gasteiger partial charge >= 0.3 is 0 Å². The van der Waals surface area contributed by atoms with Crippen molar-refractivity contribution in [3.63, 3.8) is 0 Å². The fourth-order valence-corrected chi connectivity index (χ4v) is 4.84. The van der Waals surface area contributed by atoms with Gasteiger partial charge in [-0.1, -0.05) is 147 Å². The van der Waals surface area contributed by atoms with E-state index in [2.05, 4.69) is 49.5 Å². The van der Waals surface area contributed by atoms with Gasteiger partial charge in [0.2, 0.25) is 5.91 Å². The molecule has 0 saturated carbocycles. The molecule has 0 spiro atoms. The quantitative estimate of drug-likeness (QED) is 0.0725. The molecule has 2 unspecified atom stereocenters. The summed E-state index contributed by atoms with van der Waals surface area (Å²) >= 11 is 0. The number of aliphatic hydroxyl groups excluding tert-OH is 1. The van der Waals surface area contributed by atoms with Crippen LogP contribution in [-0.4, -0.2) is 23.2 Å². The Bertz CT molecular complexity index is 595. The number of carbonyl (C=O) groups excluding carboxylic acids is 1. The maximum absolute atomic E-state index is 12.2. The topological polar surface area (TPSA) is 49.3 Å². The normalized spacial score (nSPS) is 13.6. The molecular weight excluding hydrogens is 478 g/mol. The number of unbranched alkanes of at least 4 members (excludes halogenated alkanes) is 19. The summed E-state index contributed by atoms with van der Waals surface area (Å²) in [6, 6.07) is -0.232. The van der Waals surface area contributed by atoms with Crippen molar-refractivity contribution in [3.05, 3.63) is 36.5 Å². The first-order valence-electron chi connectivity index (χ1n) is 17.1. The molecular formula is C36H67NO2. The number of hydrogen-bond acceptors (Lipinski definition) is 2. The number of amides is 1. The number of allylic oxidation sites excluding steroid dienone is 5. The highest BCUT2D eigenvalue weighted by atomic mass is 16.3. The second-order valence-corrected chi connectivity index (χ2v) is 11.6. The zero-order chi connectivity index (χ0) is 28.7. The van der Waals surface area contributed by atoms with E-state index in [1.54, 1.807) is 0 Å². The van der Waals surface area contributed by atoms with Crippen molar-refractivity contribution in [1.82, 2.24) is 5.32 Å². The fraction of sp³-hybridized carbons (Fsp3) is 0.806. The zero-order valence-corrected chi connectivity index (χ0v) is 26.4. The van der Waals surface area contributed by atoms with Gasteiger partial charge in [0, 0.05) is 6.42 Å². The third-order valence-electron chi connectivity index (χ3n) is 7.56. The van der Waals surface area contributed by atoms with Crippen LogP contribution in [0, 0.1) is 0 Å². The Balaban J connectivity index is 3.57. The Morgan fingerprint density at radius 1 is 0.590 bits per heavy atom. The lowest BCUT2D eigenvalue weighted by Crippen LogP contribution is -2.40. The van der Waals surface area contributed by atoms with Gasteiger partial charge in [0.05, 0.1) is 12.1 Å². The summed E-state index contributed by atoms with van der Waals surface area (Å²) in [4.78, 5) is 12.2. The van der Waals surface area contributed by atoms with Crippen molar-refractivity contribution in [2.45, 2.75) is 187 Å². The van der Waals surface area contributed by atoms with Crippen LogP contribution in [0.1, 0.15) is 175 Å². The van der Waals surface area contributed by atoms with Crippen LogP contribution in [0.15, 0.2) is 36.5 Å². The van der Waals surface area contributed by atoms with Gasteiger partial charge in [0.15, 0.2) is 0 Å². The molecule has 0 fully saturated rings. The molecule has 0 aromatic carbocycles. The van der Waals surface area contributed by atoms with E-state index >= 15 is 0 Å². The first-order valence-corrected chi connectivity index (χ1v) is 17.1. The van der Waals surface area contributed by atoms with Gasteiger partial charge in [0.1, 0.15) is 0 Å². The molecule has 0 bridgehead atoms. The minimum Gasteiger partial charge on any atom is -0.387 e. The Labute approximate surface area is 244 Å². The van der Waals surface area contributed by atoms with E-state index in [1.807, 2.05) is 13.0 Å². The van der Waals surface area contributed by atoms with Gasteiger partial charge in [-0.25, -0.2) is 0 Å². The highest BCUT2D eigenvalue weighted by molar-refractivity contribution is 5.76. The third-order valence-corrected chi connectivity index (χ3v) is 7.56. The molecule has 0 rings (SSSR count). The highest BCUT2D eigenvalue weighted by Crippen LogP contribution is 2.12. The van der Waals surface area contributed by atoms with Gasteiger partial charge in [-0.3, -0.25) is 4.79 Å². The van der Waals surface area contributed by atoms with Crippen LogP contribution < -0.4 is 5.32 Å². The van der Waals surface area contributed by atoms with Gasteiger partial charge in [0.25, 0.3) is 0 Å². The highest BCUT2D eigenvalue weighted by Gasteiger charge is 2.13. The lowest BCUT2D eigenvalue weighted by molar-refractivity contribution is -0.122. The molecule has 2 atom stereocenters. The Hall–Kier alpha value is -1.35. The molecule has 2 N–H and O–H groups in total. The first-order chi connectivity index (χ1) is 19.1. The van der Waals surface area contributed by atoms with Gasteiger partial charge in [-0.05, 0) is 58.3 Å². The van der Waals surface area contributed by atoms with E-state index in [0.717, 1.165) is 32.1 Å². The summed E-state index contributed by atoms with van der Waals surface area (Å²) in [5.41, 5.74) is 0. The van der Waals surface area contributed by atoms with E-state index in [9.17, 15) is 9.90 Å². The van der Waals surface area contributed by atoms with Gasteiger partial charge in [-0.15, -0.1) is 0 Å². The van der Waals surface area contributed by atoms with Crippen molar-refractivity contribution in [3.8, 4) is 0 Å². The van der Waals surface area contributed by atoms with Gasteiger partial charge < -0.3 is 10.4 Å². The van der Waals surface area contributed by atoms with Crippen molar-refractivity contribution < 1.29 is 9.90 Å². The molecule has 0 radical (unpaired) electrons. The van der Waals surface area contributed by atoms with Crippen molar-refractivity contribution in [2.75, 3.05) is 0 Å². The first kappa shape index (κ1) is 37.6. The van der Waals surface area contributed by atoms with Crippen LogP contribution in [0.4, 0.5) is 0 Å². The summed E-state index contributed by atoms with van der Waals surface area (Å²) in [7, 11) is 0. The van der Waals surface area contributed by atoms with Crippen molar-refractivity contribution in [1.29, 1.82) is 0 Å². The summed E-state index contributed by atoms with van der Waals surface area (Å²) in [5, 5.41) is 13.3. The predicted octanol–water partition coefficient (Wildman–Crippen LogP) is 10.9. The van der Waals surface area contributed by atoms with Crippen LogP contribution in [0.3, 0.4) is 0 Å². The lowest BCUT2D eigenvalue weighted by atomic mass is 10.0. The summed E-state index contributed by atoms with van der Waals surface area (Å²) in [6.07, 6.45) is 42.1. The molecule has 0 aliphatic rings. The molecule has 0 heterocycles. The minimum absolute atomic E-state index is 0.0611. The van der Waals surface area contributed by atoms with Crippen LogP contribution in [-0.2, 0) is 4.79 Å². The SMILES string of the molecule is CCCCC/C=C\C/C=C\CCCCCCCC(=O)NC(C)C(O)C=CCCCCCCCCCCCCC. The lowest BCUT2D eigenvalue weighted by Gasteiger charge is -2.17. The van der Waals surface area contributed by atoms with E-state index in [-0.39, 0.29) is 11.9 Å². The number of hydrogen-bond donors (Lipinski definition) is 2. The zero-order valence-electron chi connectivity index (χ0n) is 26.4. The Morgan fingerprint density at radius 3 is 1.54 bits per heavy atom. The number of aliphatic hydroxyl groups is 1. The van der Waals surface area contributed by atoms with Crippen LogP contribution in [0.25, 0.3) is 0 Å². The monoisotopic (exact) mass is 546 g/mol. The summed E-state index contributed by atoms with van der Waals surface area (Å²) < 4.78 is 0. The molecule has 0 aromatic heterocycles. The second kappa shape index (κ2) is 31.2. The fourth-order valence-electron chi connectivity index (χ4n) is 4.84. The number of carbonyl (C=O) groups is 1. The average molecular weight is 546 g/mol. The molecule has 0 aliphatic heterocycles. The standard InChI is InChI=1S/C36H67NO2/c1-4-6-8-10-12-14-16-18-19-21-23-25-27-29-31-33-36(39)37-34(3)35(38)32-30-28-26-24-22-20-17-15-13-11-9-7-5-2/h12,14,18-19,30,32,34-35,38H,4-11,13,15-17,20-29,31,33H2,1-3H3,(H,37,39)/b14-12-,19-18-,32-30?. The largest absolute Gasteiger partial charge is 0.387 e. The third kappa shape index (κ3) is 29.5. The van der Waals surface area contributed by atoms with E-state index in [1.165, 1.54) is 116 Å². The van der Waals surface area contributed by atoms with E-state index in [4.69, 9.17) is 0 Å². The minimum atomic E-state index is -0.605.